The van der Waals surface area contributed by atoms with Crippen LogP contribution in [0.5, 0.6) is 5.75 Å². The van der Waals surface area contributed by atoms with Crippen molar-refractivity contribution in [3.8, 4) is 5.75 Å². The lowest BCUT2D eigenvalue weighted by Crippen LogP contribution is -2.12. The summed E-state index contributed by atoms with van der Waals surface area (Å²) in [7, 11) is 3.87. The van der Waals surface area contributed by atoms with Gasteiger partial charge in [-0.25, -0.2) is 4.79 Å². The van der Waals surface area contributed by atoms with E-state index in [1.54, 1.807) is 0 Å². The highest BCUT2D eigenvalue weighted by atomic mass is 33.1. The van der Waals surface area contributed by atoms with Crippen molar-refractivity contribution in [2.75, 3.05) is 11.1 Å². The lowest BCUT2D eigenvalue weighted by atomic mass is 10.1. The molecule has 1 amide bonds. The fraction of sp³-hybridized carbons (Fsp3) is 0.467. The van der Waals surface area contributed by atoms with E-state index in [1.165, 1.54) is 30.4 Å². The molecule has 0 unspecified atom stereocenters. The Labute approximate surface area is 137 Å². The van der Waals surface area contributed by atoms with E-state index in [0.717, 1.165) is 24.5 Å². The third kappa shape index (κ3) is 5.14. The van der Waals surface area contributed by atoms with Crippen LogP contribution in [0.2, 0.25) is 0 Å². The molecular weight excluding hydrogens is 322 g/mol. The van der Waals surface area contributed by atoms with E-state index in [0.29, 0.717) is 12.1 Å². The largest absolute Gasteiger partial charge is 0.507 e. The molecule has 0 aromatic heterocycles. The Morgan fingerprint density at radius 1 is 1.32 bits per heavy atom. The first-order valence-corrected chi connectivity index (χ1v) is 9.59. The minimum absolute atomic E-state index is 0.129. The first-order chi connectivity index (χ1) is 10.6. The van der Waals surface area contributed by atoms with E-state index in [1.807, 2.05) is 21.6 Å². The van der Waals surface area contributed by atoms with E-state index >= 15 is 0 Å². The van der Waals surface area contributed by atoms with Crippen molar-refractivity contribution in [1.29, 1.82) is 0 Å². The fourth-order valence-electron chi connectivity index (χ4n) is 2.23. The van der Waals surface area contributed by atoms with Crippen molar-refractivity contribution in [3.63, 3.8) is 0 Å². The highest BCUT2D eigenvalue weighted by Crippen LogP contribution is 2.39. The molecule has 5 nitrogen and oxygen atoms in total. The summed E-state index contributed by atoms with van der Waals surface area (Å²) < 4.78 is 0. The summed E-state index contributed by atoms with van der Waals surface area (Å²) in [6, 6.07) is 4.03. The zero-order valence-corrected chi connectivity index (χ0v) is 13.7. The molecule has 1 fully saturated rings. The van der Waals surface area contributed by atoms with Crippen LogP contribution < -0.4 is 5.32 Å². The third-order valence-corrected chi connectivity index (χ3v) is 6.42. The summed E-state index contributed by atoms with van der Waals surface area (Å²) in [6.07, 6.45) is 4.69. The molecule has 3 N–H and O–H groups in total. The summed E-state index contributed by atoms with van der Waals surface area (Å²) in [4.78, 5) is 22.8. The van der Waals surface area contributed by atoms with Gasteiger partial charge in [0.2, 0.25) is 5.91 Å². The number of carboxylic acid groups (broad SMARTS) is 1. The molecule has 1 aliphatic heterocycles. The molecule has 1 aromatic carbocycles. The Morgan fingerprint density at radius 3 is 2.82 bits per heavy atom. The number of aromatic hydroxyl groups is 1. The molecule has 120 valence electrons. The van der Waals surface area contributed by atoms with Gasteiger partial charge in [0.15, 0.2) is 0 Å². The molecule has 0 spiro atoms. The predicted molar refractivity (Wildman–Crippen MR) is 90.6 cm³/mol. The molecule has 1 heterocycles. The lowest BCUT2D eigenvalue weighted by Gasteiger charge is -2.08. The van der Waals surface area contributed by atoms with Crippen LogP contribution in [0.15, 0.2) is 18.2 Å². The summed E-state index contributed by atoms with van der Waals surface area (Å²) in [5.41, 5.74) is 0.177. The minimum atomic E-state index is -1.22. The number of anilines is 1. The lowest BCUT2D eigenvalue weighted by molar-refractivity contribution is -0.116. The Balaban J connectivity index is 1.74. The fourth-order valence-corrected chi connectivity index (χ4v) is 5.26. The number of hydrogen-bond donors (Lipinski definition) is 3. The summed E-state index contributed by atoms with van der Waals surface area (Å²) in [5.74, 6) is -0.434. The maximum atomic E-state index is 11.8. The molecule has 0 bridgehead atoms. The number of carbonyl (C=O) groups is 2. The number of unbranched alkanes of at least 4 members (excludes halogenated alkanes) is 1. The molecule has 1 aliphatic rings. The van der Waals surface area contributed by atoms with Gasteiger partial charge < -0.3 is 15.5 Å². The summed E-state index contributed by atoms with van der Waals surface area (Å²) >= 11 is 0. The van der Waals surface area contributed by atoms with E-state index in [-0.39, 0.29) is 17.2 Å². The second-order valence-electron chi connectivity index (χ2n) is 5.16. The SMILES string of the molecule is O=C(CCCC[C@@H]1CCSS1)Nc1ccc(O)c(C(=O)O)c1. The second kappa shape index (κ2) is 8.33. The molecule has 22 heavy (non-hydrogen) atoms. The van der Waals surface area contributed by atoms with Gasteiger partial charge in [-0.3, -0.25) is 4.79 Å². The molecule has 1 saturated heterocycles. The Kier molecular flexibility index (Phi) is 6.45. The molecule has 1 aromatic rings. The van der Waals surface area contributed by atoms with Gasteiger partial charge >= 0.3 is 5.97 Å². The van der Waals surface area contributed by atoms with E-state index in [4.69, 9.17) is 5.11 Å². The van der Waals surface area contributed by atoms with E-state index < -0.39 is 5.97 Å². The zero-order valence-electron chi connectivity index (χ0n) is 12.1. The van der Waals surface area contributed by atoms with Gasteiger partial charge in [-0.2, -0.15) is 0 Å². The number of benzene rings is 1. The van der Waals surface area contributed by atoms with Crippen molar-refractivity contribution in [2.24, 2.45) is 0 Å². The van der Waals surface area contributed by atoms with E-state index in [2.05, 4.69) is 5.32 Å². The number of carboxylic acids is 1. The van der Waals surface area contributed by atoms with Gasteiger partial charge in [0.05, 0.1) is 0 Å². The topological polar surface area (TPSA) is 86.6 Å². The Morgan fingerprint density at radius 2 is 2.14 bits per heavy atom. The van der Waals surface area contributed by atoms with Gasteiger partial charge in [-0.15, -0.1) is 0 Å². The maximum Gasteiger partial charge on any atom is 0.339 e. The molecule has 0 aliphatic carbocycles. The number of amides is 1. The van der Waals surface area contributed by atoms with Crippen molar-refractivity contribution in [2.45, 2.75) is 37.4 Å². The molecule has 7 heteroatoms. The van der Waals surface area contributed by atoms with Gasteiger partial charge in [0.1, 0.15) is 11.3 Å². The van der Waals surface area contributed by atoms with Crippen LogP contribution in [0.3, 0.4) is 0 Å². The van der Waals surface area contributed by atoms with Gasteiger partial charge in [0.25, 0.3) is 0 Å². The number of nitrogens with one attached hydrogen (secondary N) is 1. The monoisotopic (exact) mass is 341 g/mol. The second-order valence-corrected chi connectivity index (χ2v) is 7.95. The van der Waals surface area contributed by atoms with Crippen molar-refractivity contribution in [1.82, 2.24) is 0 Å². The van der Waals surface area contributed by atoms with Crippen LogP contribution in [0.1, 0.15) is 42.5 Å². The van der Waals surface area contributed by atoms with Gasteiger partial charge in [-0.05, 0) is 37.5 Å². The molecule has 0 saturated carbocycles. The summed E-state index contributed by atoms with van der Waals surface area (Å²) in [6.45, 7) is 0. The van der Waals surface area contributed by atoms with E-state index in [9.17, 15) is 14.7 Å². The number of carbonyl (C=O) groups excluding carboxylic acids is 1. The minimum Gasteiger partial charge on any atom is -0.507 e. The van der Waals surface area contributed by atoms with Crippen LogP contribution in [0, 0.1) is 0 Å². The van der Waals surface area contributed by atoms with Crippen molar-refractivity contribution < 1.29 is 19.8 Å². The predicted octanol–water partition coefficient (Wildman–Crippen LogP) is 3.74. The van der Waals surface area contributed by atoms with Crippen LogP contribution in [-0.2, 0) is 4.79 Å². The number of rotatable bonds is 7. The normalized spacial score (nSPS) is 17.4. The average Bonchev–Trinajstić information content (AvgIpc) is 2.98. The maximum absolute atomic E-state index is 11.8. The summed E-state index contributed by atoms with van der Waals surface area (Å²) in [5, 5.41) is 21.7. The van der Waals surface area contributed by atoms with Crippen LogP contribution >= 0.6 is 21.6 Å². The van der Waals surface area contributed by atoms with Crippen LogP contribution in [0.4, 0.5) is 5.69 Å². The standard InChI is InChI=1S/C15H19NO4S2/c17-13-6-5-10(9-12(13)15(19)20)16-14(18)4-2-1-3-11-7-8-21-22-11/h5-6,9,11,17H,1-4,7-8H2,(H,16,18)(H,19,20)/t11-/m1/s1. The highest BCUT2D eigenvalue weighted by molar-refractivity contribution is 8.77. The number of hydrogen-bond acceptors (Lipinski definition) is 5. The van der Waals surface area contributed by atoms with Gasteiger partial charge in [-0.1, -0.05) is 28.0 Å². The van der Waals surface area contributed by atoms with Crippen molar-refractivity contribution in [3.05, 3.63) is 23.8 Å². The quantitative estimate of drug-likeness (QED) is 0.398. The third-order valence-electron chi connectivity index (χ3n) is 3.42. The Bertz CT molecular complexity index is 544. The molecule has 2 rings (SSSR count). The Hall–Kier alpha value is -1.34. The molecular formula is C15H19NO4S2. The highest BCUT2D eigenvalue weighted by Gasteiger charge is 2.16. The number of aromatic carboxylic acids is 1. The molecule has 0 radical (unpaired) electrons. The zero-order chi connectivity index (χ0) is 15.9. The molecule has 1 atom stereocenters. The van der Waals surface area contributed by atoms with Crippen molar-refractivity contribution >= 4 is 39.2 Å². The average molecular weight is 341 g/mol. The van der Waals surface area contributed by atoms with Gasteiger partial charge in [0, 0.05) is 23.1 Å². The smallest absolute Gasteiger partial charge is 0.339 e. The first-order valence-electron chi connectivity index (χ1n) is 7.20. The van der Waals surface area contributed by atoms with Crippen LogP contribution in [0.25, 0.3) is 0 Å². The van der Waals surface area contributed by atoms with Crippen LogP contribution in [-0.4, -0.2) is 33.1 Å². The number of phenols is 1. The first kappa shape index (κ1) is 17.0.